The predicted octanol–water partition coefficient (Wildman–Crippen LogP) is 1.68. The highest BCUT2D eigenvalue weighted by Crippen LogP contribution is 2.25. The van der Waals surface area contributed by atoms with Crippen LogP contribution in [0.2, 0.25) is 5.15 Å². The normalized spacial score (nSPS) is 29.5. The number of nitrogens with zero attached hydrogens (tertiary/aromatic N) is 2. The zero-order chi connectivity index (χ0) is 10.3. The smallest absolute Gasteiger partial charge is 0.129 e. The number of hydrogen-bond donors (Lipinski definition) is 1. The van der Waals surface area contributed by atoms with Crippen LogP contribution in [0.3, 0.4) is 0 Å². The lowest BCUT2D eigenvalue weighted by Crippen LogP contribution is -2.51. The molecule has 2 fully saturated rings. The molecule has 2 saturated heterocycles. The van der Waals surface area contributed by atoms with Crippen molar-refractivity contribution in [3.05, 3.63) is 23.5 Å². The summed E-state index contributed by atoms with van der Waals surface area (Å²) in [6.07, 6.45) is 4.48. The van der Waals surface area contributed by atoms with Gasteiger partial charge in [-0.05, 0) is 25.0 Å². The van der Waals surface area contributed by atoms with Crippen molar-refractivity contribution in [2.75, 3.05) is 18.0 Å². The first-order valence-electron chi connectivity index (χ1n) is 5.44. The fraction of sp³-hybridized carbons (Fsp3) is 0.545. The molecular weight excluding hydrogens is 210 g/mol. The molecule has 0 saturated carbocycles. The summed E-state index contributed by atoms with van der Waals surface area (Å²) in [4.78, 5) is 6.53. The molecule has 0 aliphatic carbocycles. The van der Waals surface area contributed by atoms with Gasteiger partial charge in [-0.1, -0.05) is 11.6 Å². The van der Waals surface area contributed by atoms with E-state index in [0.29, 0.717) is 17.2 Å². The molecule has 1 N–H and O–H groups in total. The second kappa shape index (κ2) is 3.65. The number of piperazine rings is 1. The van der Waals surface area contributed by atoms with E-state index in [0.717, 1.165) is 13.1 Å². The molecular formula is C11H14ClN3. The topological polar surface area (TPSA) is 28.2 Å². The van der Waals surface area contributed by atoms with Gasteiger partial charge < -0.3 is 10.2 Å². The van der Waals surface area contributed by atoms with Gasteiger partial charge in [-0.25, -0.2) is 4.98 Å². The van der Waals surface area contributed by atoms with E-state index in [4.69, 9.17) is 11.6 Å². The van der Waals surface area contributed by atoms with Crippen molar-refractivity contribution in [3.8, 4) is 0 Å². The Morgan fingerprint density at radius 1 is 1.27 bits per heavy atom. The highest BCUT2D eigenvalue weighted by atomic mass is 35.5. The third kappa shape index (κ3) is 1.82. The zero-order valence-corrected chi connectivity index (χ0v) is 9.24. The Labute approximate surface area is 94.4 Å². The van der Waals surface area contributed by atoms with Crippen LogP contribution in [-0.2, 0) is 0 Å². The van der Waals surface area contributed by atoms with Gasteiger partial charge >= 0.3 is 0 Å². The number of halogens is 1. The molecule has 2 aliphatic heterocycles. The van der Waals surface area contributed by atoms with Crippen LogP contribution in [0.15, 0.2) is 18.3 Å². The van der Waals surface area contributed by atoms with Crippen molar-refractivity contribution < 1.29 is 0 Å². The molecule has 2 unspecified atom stereocenters. The summed E-state index contributed by atoms with van der Waals surface area (Å²) >= 11 is 5.78. The monoisotopic (exact) mass is 223 g/mol. The SMILES string of the molecule is Clc1ccc(N2CC3CCC(C2)N3)cn1. The number of nitrogens with one attached hydrogen (secondary N) is 1. The van der Waals surface area contributed by atoms with Crippen LogP contribution in [-0.4, -0.2) is 30.2 Å². The maximum Gasteiger partial charge on any atom is 0.129 e. The van der Waals surface area contributed by atoms with Crippen molar-refractivity contribution >= 4 is 17.3 Å². The molecule has 3 rings (SSSR count). The van der Waals surface area contributed by atoms with Crippen LogP contribution < -0.4 is 10.2 Å². The van der Waals surface area contributed by atoms with Gasteiger partial charge in [0.05, 0.1) is 11.9 Å². The summed E-state index contributed by atoms with van der Waals surface area (Å²) in [5.41, 5.74) is 1.19. The van der Waals surface area contributed by atoms with Crippen LogP contribution in [0.5, 0.6) is 0 Å². The van der Waals surface area contributed by atoms with E-state index in [-0.39, 0.29) is 0 Å². The number of anilines is 1. The Morgan fingerprint density at radius 3 is 2.60 bits per heavy atom. The van der Waals surface area contributed by atoms with E-state index in [1.807, 2.05) is 12.3 Å². The lowest BCUT2D eigenvalue weighted by Gasteiger charge is -2.34. The summed E-state index contributed by atoms with van der Waals surface area (Å²) in [7, 11) is 0. The number of rotatable bonds is 1. The number of hydrogen-bond acceptors (Lipinski definition) is 3. The fourth-order valence-corrected chi connectivity index (χ4v) is 2.67. The Bertz CT molecular complexity index is 339. The van der Waals surface area contributed by atoms with Gasteiger partial charge in [-0.15, -0.1) is 0 Å². The molecule has 2 aliphatic rings. The van der Waals surface area contributed by atoms with Crippen molar-refractivity contribution in [2.45, 2.75) is 24.9 Å². The van der Waals surface area contributed by atoms with E-state index in [2.05, 4.69) is 21.3 Å². The summed E-state index contributed by atoms with van der Waals surface area (Å²) in [5, 5.41) is 4.18. The van der Waals surface area contributed by atoms with Gasteiger partial charge in [-0.3, -0.25) is 0 Å². The molecule has 3 heterocycles. The second-order valence-corrected chi connectivity index (χ2v) is 4.77. The van der Waals surface area contributed by atoms with E-state index < -0.39 is 0 Å². The van der Waals surface area contributed by atoms with Crippen molar-refractivity contribution in [1.29, 1.82) is 0 Å². The van der Waals surface area contributed by atoms with E-state index in [1.54, 1.807) is 0 Å². The first-order chi connectivity index (χ1) is 7.31. The second-order valence-electron chi connectivity index (χ2n) is 4.38. The number of pyridine rings is 1. The van der Waals surface area contributed by atoms with Crippen LogP contribution in [0.1, 0.15) is 12.8 Å². The fourth-order valence-electron chi connectivity index (χ4n) is 2.56. The molecule has 0 aromatic carbocycles. The Kier molecular flexibility index (Phi) is 2.29. The van der Waals surface area contributed by atoms with Gasteiger partial charge in [0.1, 0.15) is 5.15 Å². The third-order valence-electron chi connectivity index (χ3n) is 3.29. The minimum absolute atomic E-state index is 0.567. The number of fused-ring (bicyclic) bond motifs is 2. The third-order valence-corrected chi connectivity index (χ3v) is 3.52. The molecule has 0 radical (unpaired) electrons. The highest BCUT2D eigenvalue weighted by molar-refractivity contribution is 6.29. The molecule has 1 aromatic rings. The molecule has 0 amide bonds. The zero-order valence-electron chi connectivity index (χ0n) is 8.49. The Balaban J connectivity index is 1.80. The highest BCUT2D eigenvalue weighted by Gasteiger charge is 2.32. The average Bonchev–Trinajstić information content (AvgIpc) is 2.59. The lowest BCUT2D eigenvalue weighted by molar-refractivity contribution is 0.465. The van der Waals surface area contributed by atoms with E-state index in [1.165, 1.54) is 18.5 Å². The van der Waals surface area contributed by atoms with E-state index in [9.17, 15) is 0 Å². The average molecular weight is 224 g/mol. The molecule has 2 atom stereocenters. The molecule has 80 valence electrons. The van der Waals surface area contributed by atoms with Gasteiger partial charge in [0, 0.05) is 25.2 Å². The van der Waals surface area contributed by atoms with Gasteiger partial charge in [0.2, 0.25) is 0 Å². The Morgan fingerprint density at radius 2 is 2.00 bits per heavy atom. The molecule has 2 bridgehead atoms. The molecule has 0 spiro atoms. The standard InChI is InChI=1S/C11H14ClN3/c12-11-4-3-10(5-13-11)15-6-8-1-2-9(7-15)14-8/h3-5,8-9,14H,1-2,6-7H2. The minimum atomic E-state index is 0.567. The van der Waals surface area contributed by atoms with Gasteiger partial charge in [0.15, 0.2) is 0 Å². The molecule has 1 aromatic heterocycles. The summed E-state index contributed by atoms with van der Waals surface area (Å²) in [6.45, 7) is 2.19. The predicted molar refractivity (Wildman–Crippen MR) is 61.4 cm³/mol. The maximum atomic E-state index is 5.78. The lowest BCUT2D eigenvalue weighted by atomic mass is 10.2. The van der Waals surface area contributed by atoms with Crippen LogP contribution in [0.25, 0.3) is 0 Å². The van der Waals surface area contributed by atoms with Gasteiger partial charge in [0.25, 0.3) is 0 Å². The summed E-state index contributed by atoms with van der Waals surface area (Å²) < 4.78 is 0. The van der Waals surface area contributed by atoms with Crippen molar-refractivity contribution in [2.24, 2.45) is 0 Å². The maximum absolute atomic E-state index is 5.78. The molecule has 3 nitrogen and oxygen atoms in total. The molecule has 4 heteroatoms. The Hall–Kier alpha value is -0.800. The molecule has 15 heavy (non-hydrogen) atoms. The first kappa shape index (κ1) is 9.43. The number of aromatic nitrogens is 1. The largest absolute Gasteiger partial charge is 0.367 e. The van der Waals surface area contributed by atoms with Crippen LogP contribution in [0, 0.1) is 0 Å². The van der Waals surface area contributed by atoms with Crippen molar-refractivity contribution in [1.82, 2.24) is 10.3 Å². The van der Waals surface area contributed by atoms with Crippen LogP contribution >= 0.6 is 11.6 Å². The minimum Gasteiger partial charge on any atom is -0.367 e. The van der Waals surface area contributed by atoms with Crippen molar-refractivity contribution in [3.63, 3.8) is 0 Å². The quantitative estimate of drug-likeness (QED) is 0.735. The van der Waals surface area contributed by atoms with Gasteiger partial charge in [-0.2, -0.15) is 0 Å². The first-order valence-corrected chi connectivity index (χ1v) is 5.81. The summed E-state index contributed by atoms with van der Waals surface area (Å²) in [6, 6.07) is 5.25. The van der Waals surface area contributed by atoms with E-state index >= 15 is 0 Å². The summed E-state index contributed by atoms with van der Waals surface area (Å²) in [5.74, 6) is 0. The van der Waals surface area contributed by atoms with Crippen LogP contribution in [0.4, 0.5) is 5.69 Å².